The number of amides is 2. The molecule has 0 saturated carbocycles. The van der Waals surface area contributed by atoms with Gasteiger partial charge in [-0.1, -0.05) is 40.9 Å². The van der Waals surface area contributed by atoms with Gasteiger partial charge in [-0.15, -0.1) is 0 Å². The number of rotatable bonds is 6. The van der Waals surface area contributed by atoms with Crippen molar-refractivity contribution in [1.29, 1.82) is 0 Å². The zero-order valence-electron chi connectivity index (χ0n) is 12.1. The van der Waals surface area contributed by atoms with Crippen molar-refractivity contribution in [2.24, 2.45) is 0 Å². The van der Waals surface area contributed by atoms with Gasteiger partial charge in [-0.3, -0.25) is 4.98 Å². The number of carbonyl (C=O) groups is 1. The number of hydrogen-bond donors (Lipinski definition) is 3. The van der Waals surface area contributed by atoms with Crippen LogP contribution in [0, 0.1) is 0 Å². The molecule has 0 radical (unpaired) electrons. The molecule has 1 heterocycles. The zero-order valence-corrected chi connectivity index (χ0v) is 14.3. The first-order chi connectivity index (χ1) is 11.1. The topological polar surface area (TPSA) is 66.0 Å². The van der Waals surface area contributed by atoms with Crippen molar-refractivity contribution >= 4 is 52.2 Å². The Bertz CT molecular complexity index is 661. The smallest absolute Gasteiger partial charge is 0.319 e. The molecular weight excluding hydrogens is 359 g/mol. The number of hydrogen-bond acceptors (Lipinski definition) is 3. The molecule has 0 fully saturated rings. The molecule has 23 heavy (non-hydrogen) atoms. The molecule has 0 aliphatic rings. The average Bonchev–Trinajstić information content (AvgIpc) is 2.49. The second-order valence-electron chi connectivity index (χ2n) is 4.65. The summed E-state index contributed by atoms with van der Waals surface area (Å²) in [5, 5.41) is 10.1. The third-order valence-electron chi connectivity index (χ3n) is 2.88. The Labute approximate surface area is 149 Å². The predicted octanol–water partition coefficient (Wildman–Crippen LogP) is 4.67. The third kappa shape index (κ3) is 5.78. The number of nitrogens with one attached hydrogen (secondary N) is 3. The van der Waals surface area contributed by atoms with Gasteiger partial charge < -0.3 is 16.0 Å². The van der Waals surface area contributed by atoms with Crippen LogP contribution >= 0.6 is 34.8 Å². The lowest BCUT2D eigenvalue weighted by atomic mass is 10.3. The van der Waals surface area contributed by atoms with Crippen LogP contribution in [0.2, 0.25) is 15.1 Å². The number of aromatic nitrogens is 1. The van der Waals surface area contributed by atoms with Gasteiger partial charge >= 0.3 is 6.03 Å². The first-order valence-corrected chi connectivity index (χ1v) is 8.03. The molecule has 0 bridgehead atoms. The van der Waals surface area contributed by atoms with Gasteiger partial charge in [0.25, 0.3) is 0 Å². The molecule has 0 aliphatic heterocycles. The highest BCUT2D eigenvalue weighted by Gasteiger charge is 2.05. The molecule has 122 valence electrons. The van der Waals surface area contributed by atoms with Crippen LogP contribution in [-0.2, 0) is 0 Å². The summed E-state index contributed by atoms with van der Waals surface area (Å²) in [5.74, 6) is 0. The van der Waals surface area contributed by atoms with Crippen LogP contribution in [-0.4, -0.2) is 24.1 Å². The Morgan fingerprint density at radius 2 is 1.83 bits per heavy atom. The summed E-state index contributed by atoms with van der Waals surface area (Å²) in [5.41, 5.74) is 1.29. The molecule has 3 N–H and O–H groups in total. The third-order valence-corrected chi connectivity index (χ3v) is 3.69. The van der Waals surface area contributed by atoms with E-state index in [1.807, 2.05) is 0 Å². The Balaban J connectivity index is 1.68. The van der Waals surface area contributed by atoms with Crippen LogP contribution in [0.4, 0.5) is 16.2 Å². The molecule has 2 rings (SSSR count). The number of urea groups is 1. The Morgan fingerprint density at radius 3 is 2.52 bits per heavy atom. The minimum atomic E-state index is -0.285. The van der Waals surface area contributed by atoms with E-state index in [1.54, 1.807) is 24.3 Å². The predicted molar refractivity (Wildman–Crippen MR) is 95.8 cm³/mol. The summed E-state index contributed by atoms with van der Waals surface area (Å²) in [6, 6.07) is 6.67. The minimum absolute atomic E-state index is 0.285. The standard InChI is InChI=1S/C15H15Cl3N4O/c16-10-3-1-4-11(7-10)22-15(23)21-6-2-5-20-14-12(17)8-19-9-13(14)18/h1,3-4,7-9H,2,5-6H2,(H,19,20)(H2,21,22,23). The van der Waals surface area contributed by atoms with E-state index in [2.05, 4.69) is 20.9 Å². The summed E-state index contributed by atoms with van der Waals surface area (Å²) in [6.07, 6.45) is 3.75. The van der Waals surface area contributed by atoms with E-state index in [0.29, 0.717) is 46.0 Å². The second kappa shape index (κ2) is 8.82. The quantitative estimate of drug-likeness (QED) is 0.645. The van der Waals surface area contributed by atoms with Crippen molar-refractivity contribution in [3.05, 3.63) is 51.7 Å². The van der Waals surface area contributed by atoms with Crippen molar-refractivity contribution in [2.75, 3.05) is 23.7 Å². The van der Waals surface area contributed by atoms with Crippen LogP contribution in [0.3, 0.4) is 0 Å². The molecular formula is C15H15Cl3N4O. The molecule has 8 heteroatoms. The second-order valence-corrected chi connectivity index (χ2v) is 5.90. The number of pyridine rings is 1. The Morgan fingerprint density at radius 1 is 1.09 bits per heavy atom. The van der Waals surface area contributed by atoms with Gasteiger partial charge in [0, 0.05) is 36.2 Å². The first-order valence-electron chi connectivity index (χ1n) is 6.89. The van der Waals surface area contributed by atoms with E-state index in [0.717, 1.165) is 0 Å². The monoisotopic (exact) mass is 372 g/mol. The van der Waals surface area contributed by atoms with Crippen LogP contribution in [0.25, 0.3) is 0 Å². The normalized spacial score (nSPS) is 10.2. The molecule has 1 aromatic carbocycles. The lowest BCUT2D eigenvalue weighted by Crippen LogP contribution is -2.30. The lowest BCUT2D eigenvalue weighted by molar-refractivity contribution is 0.252. The maximum Gasteiger partial charge on any atom is 0.319 e. The summed E-state index contributed by atoms with van der Waals surface area (Å²) < 4.78 is 0. The SMILES string of the molecule is O=C(NCCCNc1c(Cl)cncc1Cl)Nc1cccc(Cl)c1. The largest absolute Gasteiger partial charge is 0.382 e. The van der Waals surface area contributed by atoms with E-state index in [-0.39, 0.29) is 6.03 Å². The van der Waals surface area contributed by atoms with Crippen LogP contribution < -0.4 is 16.0 Å². The average molecular weight is 374 g/mol. The molecule has 0 unspecified atom stereocenters. The van der Waals surface area contributed by atoms with Gasteiger partial charge in [0.2, 0.25) is 0 Å². The van der Waals surface area contributed by atoms with E-state index < -0.39 is 0 Å². The Kier molecular flexibility index (Phi) is 6.77. The number of benzene rings is 1. The molecule has 2 aromatic rings. The highest BCUT2D eigenvalue weighted by Crippen LogP contribution is 2.28. The zero-order chi connectivity index (χ0) is 16.7. The summed E-state index contributed by atoms with van der Waals surface area (Å²) >= 11 is 17.8. The number of anilines is 2. The van der Waals surface area contributed by atoms with E-state index in [9.17, 15) is 4.79 Å². The molecule has 0 aliphatic carbocycles. The highest BCUT2D eigenvalue weighted by atomic mass is 35.5. The Hall–Kier alpha value is -1.69. The van der Waals surface area contributed by atoms with Crippen LogP contribution in [0.5, 0.6) is 0 Å². The van der Waals surface area contributed by atoms with Gasteiger partial charge in [-0.2, -0.15) is 0 Å². The van der Waals surface area contributed by atoms with Gasteiger partial charge in [-0.05, 0) is 24.6 Å². The summed E-state index contributed by atoms with van der Waals surface area (Å²) in [6.45, 7) is 1.11. The van der Waals surface area contributed by atoms with Gasteiger partial charge in [-0.25, -0.2) is 4.79 Å². The van der Waals surface area contributed by atoms with Crippen molar-refractivity contribution in [1.82, 2.24) is 10.3 Å². The summed E-state index contributed by atoms with van der Waals surface area (Å²) in [7, 11) is 0. The molecule has 0 atom stereocenters. The van der Waals surface area contributed by atoms with Crippen LogP contribution in [0.1, 0.15) is 6.42 Å². The van der Waals surface area contributed by atoms with E-state index in [4.69, 9.17) is 34.8 Å². The number of nitrogens with zero attached hydrogens (tertiary/aromatic N) is 1. The molecule has 1 aromatic heterocycles. The fourth-order valence-corrected chi connectivity index (χ4v) is 2.51. The molecule has 0 saturated heterocycles. The number of halogens is 3. The maximum atomic E-state index is 11.7. The van der Waals surface area contributed by atoms with E-state index in [1.165, 1.54) is 12.4 Å². The number of carbonyl (C=O) groups excluding carboxylic acids is 1. The fraction of sp³-hybridized carbons (Fsp3) is 0.200. The highest BCUT2D eigenvalue weighted by molar-refractivity contribution is 6.38. The van der Waals surface area contributed by atoms with Crippen molar-refractivity contribution in [3.63, 3.8) is 0 Å². The summed E-state index contributed by atoms with van der Waals surface area (Å²) in [4.78, 5) is 15.6. The maximum absolute atomic E-state index is 11.7. The van der Waals surface area contributed by atoms with Crippen LogP contribution in [0.15, 0.2) is 36.7 Å². The minimum Gasteiger partial charge on any atom is -0.382 e. The molecule has 0 spiro atoms. The van der Waals surface area contributed by atoms with Gasteiger partial charge in [0.15, 0.2) is 0 Å². The van der Waals surface area contributed by atoms with Crippen molar-refractivity contribution < 1.29 is 4.79 Å². The molecule has 2 amide bonds. The van der Waals surface area contributed by atoms with Crippen molar-refractivity contribution in [3.8, 4) is 0 Å². The van der Waals surface area contributed by atoms with Gasteiger partial charge in [0.1, 0.15) is 0 Å². The van der Waals surface area contributed by atoms with Gasteiger partial charge in [0.05, 0.1) is 15.7 Å². The fourth-order valence-electron chi connectivity index (χ4n) is 1.83. The first kappa shape index (κ1) is 17.7. The van der Waals surface area contributed by atoms with Crippen molar-refractivity contribution in [2.45, 2.75) is 6.42 Å². The molecule has 5 nitrogen and oxygen atoms in total. The lowest BCUT2D eigenvalue weighted by Gasteiger charge is -2.11. The van der Waals surface area contributed by atoms with E-state index >= 15 is 0 Å².